The fraction of sp³-hybridized carbons (Fsp3) is 0.792. The summed E-state index contributed by atoms with van der Waals surface area (Å²) >= 11 is 1.67. The monoisotopic (exact) mass is 523 g/mol. The summed E-state index contributed by atoms with van der Waals surface area (Å²) in [6.07, 6.45) is 2.11. The average molecular weight is 524 g/mol. The Balaban J connectivity index is 1.69. The second-order valence-corrected chi connectivity index (χ2v) is 17.4. The Kier molecular flexibility index (Phi) is 7.59. The topological polar surface area (TPSA) is 107 Å². The molecule has 4 heterocycles. The highest BCUT2D eigenvalue weighted by atomic mass is 32.2. The smallest absolute Gasteiger partial charge is 0.200 e. The molecular weight excluding hydrogens is 482 g/mol. The van der Waals surface area contributed by atoms with Gasteiger partial charge in [-0.1, -0.05) is 41.5 Å². The minimum atomic E-state index is -2.07. The van der Waals surface area contributed by atoms with E-state index < -0.39 is 20.3 Å². The van der Waals surface area contributed by atoms with Crippen LogP contribution in [0.15, 0.2) is 6.33 Å². The van der Waals surface area contributed by atoms with E-state index in [4.69, 9.17) is 29.5 Å². The SMILES string of the molecule is CSCc1nn([C@@H]2O[C@H](CO[Si](C(C)C)(C(C)C)C(C)C)[C@H]3OC(C)(C)O[C@H]32)c2ncnc(N)c12. The lowest BCUT2D eigenvalue weighted by Crippen LogP contribution is -2.50. The molecule has 196 valence electrons. The predicted molar refractivity (Wildman–Crippen MR) is 142 cm³/mol. The second kappa shape index (κ2) is 9.90. The number of ether oxygens (including phenoxy) is 3. The molecule has 2 aliphatic heterocycles. The van der Waals surface area contributed by atoms with E-state index in [-0.39, 0.29) is 18.3 Å². The van der Waals surface area contributed by atoms with Gasteiger partial charge in [0.25, 0.3) is 0 Å². The summed E-state index contributed by atoms with van der Waals surface area (Å²) < 4.78 is 28.1. The number of anilines is 1. The van der Waals surface area contributed by atoms with Crippen LogP contribution in [0.1, 0.15) is 67.3 Å². The molecule has 35 heavy (non-hydrogen) atoms. The van der Waals surface area contributed by atoms with Gasteiger partial charge in [-0.3, -0.25) is 0 Å². The van der Waals surface area contributed by atoms with Crippen molar-refractivity contribution in [2.45, 2.75) is 108 Å². The standard InChI is InChI=1S/C24H41N5O4SSi/c1-13(2)35(14(3)4,15(5)6)30-10-17-19-20(33-24(7,8)32-19)23(31-17)29-22-18(16(28-29)11-34-9)21(25)26-12-27-22/h12-15,17,19-20,23H,10-11H2,1-9H3,(H2,25,26,27)/t17-,19-,20-,23-/m1/s1. The summed E-state index contributed by atoms with van der Waals surface area (Å²) in [4.78, 5) is 8.71. The van der Waals surface area contributed by atoms with Gasteiger partial charge in [-0.05, 0) is 36.7 Å². The second-order valence-electron chi connectivity index (χ2n) is 11.0. The minimum Gasteiger partial charge on any atom is -0.413 e. The van der Waals surface area contributed by atoms with Crippen molar-refractivity contribution in [3.63, 3.8) is 0 Å². The van der Waals surface area contributed by atoms with E-state index in [2.05, 4.69) is 51.5 Å². The maximum atomic E-state index is 6.91. The summed E-state index contributed by atoms with van der Waals surface area (Å²) in [5, 5.41) is 5.65. The Morgan fingerprint density at radius 1 is 1.09 bits per heavy atom. The van der Waals surface area contributed by atoms with Crippen LogP contribution >= 0.6 is 11.8 Å². The third kappa shape index (κ3) is 4.64. The first-order chi connectivity index (χ1) is 16.4. The molecule has 0 bridgehead atoms. The number of nitrogen functional groups attached to an aromatic ring is 1. The van der Waals surface area contributed by atoms with Crippen LogP contribution in [-0.2, 0) is 24.4 Å². The number of hydrogen-bond acceptors (Lipinski definition) is 9. The van der Waals surface area contributed by atoms with Crippen molar-refractivity contribution >= 4 is 36.9 Å². The molecule has 2 saturated heterocycles. The Morgan fingerprint density at radius 3 is 2.31 bits per heavy atom. The Labute approximate surface area is 214 Å². The first kappa shape index (κ1) is 26.8. The van der Waals surface area contributed by atoms with Crippen molar-refractivity contribution in [3.05, 3.63) is 12.0 Å². The number of fused-ring (bicyclic) bond motifs is 2. The zero-order valence-corrected chi connectivity index (χ0v) is 24.3. The van der Waals surface area contributed by atoms with E-state index in [1.54, 1.807) is 16.4 Å². The molecule has 0 saturated carbocycles. The van der Waals surface area contributed by atoms with Crippen molar-refractivity contribution in [2.24, 2.45) is 0 Å². The van der Waals surface area contributed by atoms with Gasteiger partial charge in [0.2, 0.25) is 0 Å². The van der Waals surface area contributed by atoms with Crippen molar-refractivity contribution in [1.29, 1.82) is 0 Å². The van der Waals surface area contributed by atoms with E-state index in [0.717, 1.165) is 11.1 Å². The molecule has 0 spiro atoms. The lowest BCUT2D eigenvalue weighted by molar-refractivity contribution is -0.200. The lowest BCUT2D eigenvalue weighted by Gasteiger charge is -2.43. The molecule has 2 aromatic heterocycles. The highest BCUT2D eigenvalue weighted by Gasteiger charge is 2.57. The van der Waals surface area contributed by atoms with Gasteiger partial charge in [-0.15, -0.1) is 0 Å². The number of hydrogen-bond donors (Lipinski definition) is 1. The number of rotatable bonds is 9. The molecule has 2 aromatic rings. The fourth-order valence-corrected chi connectivity index (χ4v) is 12.1. The summed E-state index contributed by atoms with van der Waals surface area (Å²) in [6.45, 7) is 18.1. The maximum Gasteiger partial charge on any atom is 0.200 e. The average Bonchev–Trinajstić information content (AvgIpc) is 3.38. The van der Waals surface area contributed by atoms with E-state index in [1.165, 1.54) is 6.33 Å². The van der Waals surface area contributed by atoms with Crippen LogP contribution in [0.25, 0.3) is 11.0 Å². The molecule has 0 unspecified atom stereocenters. The van der Waals surface area contributed by atoms with Gasteiger partial charge >= 0.3 is 0 Å². The molecule has 0 aliphatic carbocycles. The molecule has 9 nitrogen and oxygen atoms in total. The summed E-state index contributed by atoms with van der Waals surface area (Å²) in [5.41, 5.74) is 9.17. The van der Waals surface area contributed by atoms with Gasteiger partial charge in [-0.25, -0.2) is 14.6 Å². The minimum absolute atomic E-state index is 0.268. The molecule has 0 radical (unpaired) electrons. The Morgan fingerprint density at radius 2 is 1.71 bits per heavy atom. The zero-order chi connectivity index (χ0) is 25.7. The van der Waals surface area contributed by atoms with Gasteiger partial charge in [0.05, 0.1) is 17.7 Å². The molecular formula is C24H41N5O4SSi. The van der Waals surface area contributed by atoms with Crippen LogP contribution in [0.4, 0.5) is 5.82 Å². The summed E-state index contributed by atoms with van der Waals surface area (Å²) in [6, 6.07) is 0. The number of nitrogens with zero attached hydrogens (tertiary/aromatic N) is 4. The highest BCUT2D eigenvalue weighted by Crippen LogP contribution is 2.46. The third-order valence-corrected chi connectivity index (χ3v) is 14.1. The molecule has 0 amide bonds. The van der Waals surface area contributed by atoms with Crippen LogP contribution < -0.4 is 5.73 Å². The lowest BCUT2D eigenvalue weighted by atomic mass is 10.1. The van der Waals surface area contributed by atoms with Gasteiger partial charge < -0.3 is 24.4 Å². The largest absolute Gasteiger partial charge is 0.413 e. The maximum absolute atomic E-state index is 6.91. The number of nitrogens with two attached hydrogens (primary N) is 1. The molecule has 2 fully saturated rings. The van der Waals surface area contributed by atoms with Crippen LogP contribution in [0.3, 0.4) is 0 Å². The van der Waals surface area contributed by atoms with Crippen molar-refractivity contribution < 1.29 is 18.6 Å². The normalized spacial score (nSPS) is 26.5. The van der Waals surface area contributed by atoms with Gasteiger partial charge in [-0.2, -0.15) is 16.9 Å². The molecule has 4 atom stereocenters. The zero-order valence-electron chi connectivity index (χ0n) is 22.4. The Hall–Kier alpha value is -1.24. The molecule has 4 rings (SSSR count). The first-order valence-electron chi connectivity index (χ1n) is 12.5. The van der Waals surface area contributed by atoms with E-state index >= 15 is 0 Å². The summed E-state index contributed by atoms with van der Waals surface area (Å²) in [7, 11) is -2.07. The van der Waals surface area contributed by atoms with Crippen molar-refractivity contribution in [3.8, 4) is 0 Å². The number of aromatic nitrogens is 4. The van der Waals surface area contributed by atoms with Gasteiger partial charge in [0.1, 0.15) is 30.5 Å². The fourth-order valence-electron chi connectivity index (χ4n) is 6.20. The van der Waals surface area contributed by atoms with Gasteiger partial charge in [0.15, 0.2) is 26.0 Å². The van der Waals surface area contributed by atoms with Crippen LogP contribution in [0.5, 0.6) is 0 Å². The predicted octanol–water partition coefficient (Wildman–Crippen LogP) is 4.88. The molecule has 11 heteroatoms. The molecule has 0 aromatic carbocycles. The molecule has 2 aliphatic rings. The molecule has 2 N–H and O–H groups in total. The van der Waals surface area contributed by atoms with Crippen molar-refractivity contribution in [2.75, 3.05) is 18.6 Å². The quantitative estimate of drug-likeness (QED) is 0.460. The third-order valence-electron chi connectivity index (χ3n) is 7.44. The van der Waals surface area contributed by atoms with E-state index in [1.807, 2.05) is 20.1 Å². The van der Waals surface area contributed by atoms with Crippen LogP contribution in [0.2, 0.25) is 16.6 Å². The van der Waals surface area contributed by atoms with Crippen LogP contribution in [0, 0.1) is 0 Å². The van der Waals surface area contributed by atoms with Crippen molar-refractivity contribution in [1.82, 2.24) is 19.7 Å². The first-order valence-corrected chi connectivity index (χ1v) is 16.1. The van der Waals surface area contributed by atoms with E-state index in [9.17, 15) is 0 Å². The van der Waals surface area contributed by atoms with Crippen LogP contribution in [-0.4, -0.2) is 65.0 Å². The Bertz CT molecular complexity index is 1020. The number of thioether (sulfide) groups is 1. The van der Waals surface area contributed by atoms with E-state index in [0.29, 0.717) is 40.4 Å². The summed E-state index contributed by atoms with van der Waals surface area (Å²) in [5.74, 6) is 0.394. The highest BCUT2D eigenvalue weighted by molar-refractivity contribution is 7.97. The van der Waals surface area contributed by atoms with Gasteiger partial charge in [0, 0.05) is 5.75 Å².